The number of anilines is 5. The van der Waals surface area contributed by atoms with Gasteiger partial charge in [0.2, 0.25) is 0 Å². The highest BCUT2D eigenvalue weighted by atomic mass is 15.2. The summed E-state index contributed by atoms with van der Waals surface area (Å²) in [6.07, 6.45) is 9.84. The second-order valence-electron chi connectivity index (χ2n) is 14.5. The number of para-hydroxylation sites is 3. The van der Waals surface area contributed by atoms with E-state index in [1.165, 1.54) is 65.9 Å². The number of nitrogens with zero attached hydrogens (tertiary/aromatic N) is 2. The molecule has 1 unspecified atom stereocenters. The Bertz CT molecular complexity index is 2830. The van der Waals surface area contributed by atoms with Crippen LogP contribution in [0.4, 0.5) is 28.4 Å². The fraction of sp³-hybridized carbons (Fsp3) is 0.0370. The zero-order valence-corrected chi connectivity index (χ0v) is 31.0. The maximum atomic E-state index is 2.46. The molecule has 1 atom stereocenters. The zero-order chi connectivity index (χ0) is 37.3. The van der Waals surface area contributed by atoms with Crippen LogP contribution >= 0.6 is 0 Å². The minimum atomic E-state index is 0.253. The fourth-order valence-electron chi connectivity index (χ4n) is 8.46. The lowest BCUT2D eigenvalue weighted by Crippen LogP contribution is -2.29. The van der Waals surface area contributed by atoms with Crippen LogP contribution in [-0.4, -0.2) is 6.04 Å². The molecule has 0 aliphatic heterocycles. The Kier molecular flexibility index (Phi) is 8.70. The molecule has 0 radical (unpaired) electrons. The van der Waals surface area contributed by atoms with E-state index in [4.69, 9.17) is 0 Å². The first kappa shape index (κ1) is 33.4. The van der Waals surface area contributed by atoms with Crippen molar-refractivity contribution in [2.45, 2.75) is 12.5 Å². The molecule has 0 bridgehead atoms. The van der Waals surface area contributed by atoms with Gasteiger partial charge in [-0.3, -0.25) is 0 Å². The quantitative estimate of drug-likeness (QED) is 0.144. The van der Waals surface area contributed by atoms with Gasteiger partial charge in [0, 0.05) is 28.4 Å². The molecule has 0 amide bonds. The van der Waals surface area contributed by atoms with Gasteiger partial charge >= 0.3 is 0 Å². The molecule has 10 rings (SSSR count). The van der Waals surface area contributed by atoms with E-state index < -0.39 is 0 Å². The SMILES string of the molecule is C1=CCC(N(c2ccccc2)c2cccc(-c3ccc4c5ccc(-c6cccc(N(c7ccccc7)c7ccccc7)c6)cc5c5ccccc5c4c3)c2)C=C1. The Hall–Kier alpha value is -7.16. The molecule has 2 heteroatoms. The Balaban J connectivity index is 1.06. The Morgan fingerprint density at radius 1 is 0.321 bits per heavy atom. The number of benzene rings is 9. The molecule has 1 aliphatic carbocycles. The summed E-state index contributed by atoms with van der Waals surface area (Å²) in [6, 6.07) is 73.0. The minimum Gasteiger partial charge on any atom is -0.334 e. The maximum absolute atomic E-state index is 2.46. The molecule has 0 fully saturated rings. The predicted octanol–water partition coefficient (Wildman–Crippen LogP) is 15.0. The summed E-state index contributed by atoms with van der Waals surface area (Å²) >= 11 is 0. The summed E-state index contributed by atoms with van der Waals surface area (Å²) in [5.41, 5.74) is 10.6. The number of rotatable bonds is 8. The van der Waals surface area contributed by atoms with Crippen LogP contribution in [0.1, 0.15) is 6.42 Å². The van der Waals surface area contributed by atoms with Crippen molar-refractivity contribution in [1.29, 1.82) is 0 Å². The number of hydrogen-bond acceptors (Lipinski definition) is 2. The van der Waals surface area contributed by atoms with Gasteiger partial charge in [0.05, 0.1) is 6.04 Å². The molecule has 1 aliphatic rings. The van der Waals surface area contributed by atoms with Crippen molar-refractivity contribution in [3.8, 4) is 22.3 Å². The first-order valence-corrected chi connectivity index (χ1v) is 19.5. The predicted molar refractivity (Wildman–Crippen MR) is 240 cm³/mol. The monoisotopic (exact) mass is 716 g/mol. The van der Waals surface area contributed by atoms with Gasteiger partial charge in [-0.05, 0) is 134 Å². The van der Waals surface area contributed by atoms with Crippen molar-refractivity contribution >= 4 is 60.8 Å². The van der Waals surface area contributed by atoms with E-state index in [9.17, 15) is 0 Å². The van der Waals surface area contributed by atoms with Crippen LogP contribution < -0.4 is 9.80 Å². The van der Waals surface area contributed by atoms with Gasteiger partial charge in [0.15, 0.2) is 0 Å². The summed E-state index contributed by atoms with van der Waals surface area (Å²) in [5, 5.41) is 7.60. The van der Waals surface area contributed by atoms with Crippen LogP contribution in [0.2, 0.25) is 0 Å². The van der Waals surface area contributed by atoms with Crippen LogP contribution in [0.15, 0.2) is 224 Å². The van der Waals surface area contributed by atoms with Crippen LogP contribution in [0, 0.1) is 0 Å². The van der Waals surface area contributed by atoms with Gasteiger partial charge in [0.1, 0.15) is 0 Å². The van der Waals surface area contributed by atoms with Gasteiger partial charge in [0.25, 0.3) is 0 Å². The van der Waals surface area contributed by atoms with E-state index in [1.54, 1.807) is 0 Å². The smallest absolute Gasteiger partial charge is 0.0559 e. The lowest BCUT2D eigenvalue weighted by atomic mass is 9.90. The third-order valence-electron chi connectivity index (χ3n) is 11.1. The second kappa shape index (κ2) is 14.6. The molecular weight excluding hydrogens is 677 g/mol. The highest BCUT2D eigenvalue weighted by Crippen LogP contribution is 2.41. The number of allylic oxidation sites excluding steroid dienone is 2. The molecule has 0 saturated heterocycles. The summed E-state index contributed by atoms with van der Waals surface area (Å²) < 4.78 is 0. The van der Waals surface area contributed by atoms with Gasteiger partial charge in [-0.25, -0.2) is 0 Å². The fourth-order valence-corrected chi connectivity index (χ4v) is 8.46. The Morgan fingerprint density at radius 2 is 0.768 bits per heavy atom. The average Bonchev–Trinajstić information content (AvgIpc) is 3.28. The minimum absolute atomic E-state index is 0.253. The summed E-state index contributed by atoms with van der Waals surface area (Å²) in [7, 11) is 0. The lowest BCUT2D eigenvalue weighted by molar-refractivity contribution is 0.785. The molecule has 266 valence electrons. The van der Waals surface area contributed by atoms with Crippen LogP contribution in [0.5, 0.6) is 0 Å². The molecule has 0 saturated carbocycles. The molecule has 0 spiro atoms. The van der Waals surface area contributed by atoms with E-state index in [0.29, 0.717) is 0 Å². The zero-order valence-electron chi connectivity index (χ0n) is 31.0. The average molecular weight is 717 g/mol. The van der Waals surface area contributed by atoms with Crippen LogP contribution in [-0.2, 0) is 0 Å². The van der Waals surface area contributed by atoms with E-state index in [1.807, 2.05) is 0 Å². The van der Waals surface area contributed by atoms with Crippen LogP contribution in [0.25, 0.3) is 54.6 Å². The lowest BCUT2D eigenvalue weighted by Gasteiger charge is -2.33. The third kappa shape index (κ3) is 6.22. The van der Waals surface area contributed by atoms with Gasteiger partial charge in [-0.1, -0.05) is 152 Å². The highest BCUT2D eigenvalue weighted by Gasteiger charge is 2.20. The standard InChI is InChI=1S/C54H40N2/c1-5-19-43(20-6-1)55(44-21-7-2-8-22-44)47-27-15-17-39(35-47)41-31-33-51-52-34-32-42(38-54(52)50-30-14-13-29-49(50)53(51)37-41)40-18-16-28-48(36-40)56(45-23-9-3-10-24-45)46-25-11-4-12-26-46/h1-25,27-38,46H,26H2. The first-order valence-electron chi connectivity index (χ1n) is 19.5. The Morgan fingerprint density at radius 3 is 1.30 bits per heavy atom. The molecule has 9 aromatic carbocycles. The largest absolute Gasteiger partial charge is 0.334 e. The summed E-state index contributed by atoms with van der Waals surface area (Å²) in [5.74, 6) is 0. The van der Waals surface area contributed by atoms with E-state index in [-0.39, 0.29) is 6.04 Å². The van der Waals surface area contributed by atoms with Crippen molar-refractivity contribution in [3.63, 3.8) is 0 Å². The molecule has 0 heterocycles. The van der Waals surface area contributed by atoms with E-state index >= 15 is 0 Å². The maximum Gasteiger partial charge on any atom is 0.0559 e. The van der Waals surface area contributed by atoms with E-state index in [2.05, 4.69) is 234 Å². The molecular formula is C54H40N2. The molecule has 0 N–H and O–H groups in total. The van der Waals surface area contributed by atoms with Crippen molar-refractivity contribution in [2.24, 2.45) is 0 Å². The highest BCUT2D eigenvalue weighted by molar-refractivity contribution is 6.26. The normalized spacial score (nSPS) is 13.7. The van der Waals surface area contributed by atoms with Crippen molar-refractivity contribution in [3.05, 3.63) is 224 Å². The summed E-state index contributed by atoms with van der Waals surface area (Å²) in [4.78, 5) is 4.78. The van der Waals surface area contributed by atoms with Gasteiger partial charge in [-0.15, -0.1) is 0 Å². The summed E-state index contributed by atoms with van der Waals surface area (Å²) in [6.45, 7) is 0. The van der Waals surface area contributed by atoms with Gasteiger partial charge in [-0.2, -0.15) is 0 Å². The van der Waals surface area contributed by atoms with Crippen molar-refractivity contribution in [1.82, 2.24) is 0 Å². The van der Waals surface area contributed by atoms with Crippen molar-refractivity contribution < 1.29 is 0 Å². The molecule has 0 aromatic heterocycles. The second-order valence-corrected chi connectivity index (χ2v) is 14.5. The van der Waals surface area contributed by atoms with Gasteiger partial charge < -0.3 is 9.80 Å². The molecule has 56 heavy (non-hydrogen) atoms. The number of fused-ring (bicyclic) bond motifs is 6. The van der Waals surface area contributed by atoms with E-state index in [0.717, 1.165) is 23.5 Å². The number of hydrogen-bond donors (Lipinski definition) is 0. The first-order chi connectivity index (χ1) is 27.8. The molecule has 2 nitrogen and oxygen atoms in total. The van der Waals surface area contributed by atoms with Crippen LogP contribution in [0.3, 0.4) is 0 Å². The molecule has 9 aromatic rings. The topological polar surface area (TPSA) is 6.48 Å². The third-order valence-corrected chi connectivity index (χ3v) is 11.1. The van der Waals surface area contributed by atoms with Crippen molar-refractivity contribution in [2.75, 3.05) is 9.80 Å². The Labute approximate surface area is 328 Å².